The largest absolute Gasteiger partial charge is 0.369 e. The van der Waals surface area contributed by atoms with Crippen molar-refractivity contribution < 1.29 is 0 Å². The molecule has 0 radical (unpaired) electrons. The molecule has 1 aromatic heterocycles. The van der Waals surface area contributed by atoms with Gasteiger partial charge >= 0.3 is 0 Å². The first kappa shape index (κ1) is 11.3. The lowest BCUT2D eigenvalue weighted by molar-refractivity contribution is 0.247. The predicted molar refractivity (Wildman–Crippen MR) is 65.5 cm³/mol. The van der Waals surface area contributed by atoms with E-state index in [4.69, 9.17) is 0 Å². The Balaban J connectivity index is 1.91. The zero-order valence-corrected chi connectivity index (χ0v) is 10.1. The van der Waals surface area contributed by atoms with Gasteiger partial charge in [-0.3, -0.25) is 0 Å². The van der Waals surface area contributed by atoms with E-state index in [9.17, 15) is 0 Å². The number of nitrogens with one attached hydrogen (secondary N) is 2. The van der Waals surface area contributed by atoms with Crippen molar-refractivity contribution in [3.8, 4) is 0 Å². The van der Waals surface area contributed by atoms with Gasteiger partial charge in [0.05, 0.1) is 0 Å². The molecule has 16 heavy (non-hydrogen) atoms. The Labute approximate surface area is 96.9 Å². The Morgan fingerprint density at radius 1 is 1.38 bits per heavy atom. The molecule has 1 aliphatic rings. The van der Waals surface area contributed by atoms with E-state index in [1.165, 1.54) is 12.8 Å². The Hall–Kier alpha value is -1.16. The lowest BCUT2D eigenvalue weighted by Crippen LogP contribution is -2.39. The molecule has 4 nitrogen and oxygen atoms in total. The molecule has 2 heterocycles. The van der Waals surface area contributed by atoms with Crippen molar-refractivity contribution in [2.45, 2.75) is 26.7 Å². The molecule has 0 amide bonds. The number of anilines is 1. The molecule has 1 aliphatic heterocycles. The molecule has 4 heteroatoms. The third-order valence-electron chi connectivity index (χ3n) is 3.31. The first-order valence-corrected chi connectivity index (χ1v) is 5.91. The van der Waals surface area contributed by atoms with Crippen molar-refractivity contribution in [2.75, 3.05) is 25.0 Å². The molecule has 1 fully saturated rings. The SMILES string of the molecule is Cc1cc(NCC2(C)CCNCC2)ncn1. The average molecular weight is 220 g/mol. The quantitative estimate of drug-likeness (QED) is 0.812. The van der Waals surface area contributed by atoms with E-state index in [1.807, 2.05) is 13.0 Å². The van der Waals surface area contributed by atoms with Gasteiger partial charge in [0.25, 0.3) is 0 Å². The van der Waals surface area contributed by atoms with Gasteiger partial charge in [0.2, 0.25) is 0 Å². The highest BCUT2D eigenvalue weighted by Crippen LogP contribution is 2.27. The highest BCUT2D eigenvalue weighted by molar-refractivity contribution is 5.34. The van der Waals surface area contributed by atoms with E-state index < -0.39 is 0 Å². The molecule has 0 saturated carbocycles. The van der Waals surface area contributed by atoms with Crippen LogP contribution in [0.2, 0.25) is 0 Å². The third-order valence-corrected chi connectivity index (χ3v) is 3.31. The number of hydrogen-bond acceptors (Lipinski definition) is 4. The standard InChI is InChI=1S/C12H20N4/c1-10-7-11(16-9-15-10)14-8-12(2)3-5-13-6-4-12/h7,9,13H,3-6,8H2,1-2H3,(H,14,15,16). The molecule has 0 spiro atoms. The van der Waals surface area contributed by atoms with Crippen molar-refractivity contribution >= 4 is 5.82 Å². The van der Waals surface area contributed by atoms with Gasteiger partial charge in [0.1, 0.15) is 12.1 Å². The van der Waals surface area contributed by atoms with Gasteiger partial charge < -0.3 is 10.6 Å². The van der Waals surface area contributed by atoms with Crippen LogP contribution >= 0.6 is 0 Å². The molecule has 1 saturated heterocycles. The molecule has 2 rings (SSSR count). The summed E-state index contributed by atoms with van der Waals surface area (Å²) in [5.41, 5.74) is 1.40. The maximum atomic E-state index is 4.22. The van der Waals surface area contributed by atoms with Crippen molar-refractivity contribution in [3.63, 3.8) is 0 Å². The van der Waals surface area contributed by atoms with Gasteiger partial charge in [0, 0.05) is 18.3 Å². The van der Waals surface area contributed by atoms with Crippen LogP contribution in [0.25, 0.3) is 0 Å². The van der Waals surface area contributed by atoms with Gasteiger partial charge in [-0.1, -0.05) is 6.92 Å². The molecule has 0 bridgehead atoms. The van der Waals surface area contributed by atoms with Crippen LogP contribution in [0.15, 0.2) is 12.4 Å². The van der Waals surface area contributed by atoms with Crippen LogP contribution in [0.4, 0.5) is 5.82 Å². The topological polar surface area (TPSA) is 49.8 Å². The van der Waals surface area contributed by atoms with E-state index in [0.29, 0.717) is 5.41 Å². The summed E-state index contributed by atoms with van der Waals surface area (Å²) in [4.78, 5) is 8.31. The molecule has 0 aliphatic carbocycles. The minimum atomic E-state index is 0.393. The zero-order valence-electron chi connectivity index (χ0n) is 10.1. The summed E-state index contributed by atoms with van der Waals surface area (Å²) in [7, 11) is 0. The maximum absolute atomic E-state index is 4.22. The third kappa shape index (κ3) is 2.92. The Morgan fingerprint density at radius 3 is 2.81 bits per heavy atom. The second kappa shape index (κ2) is 4.78. The van der Waals surface area contributed by atoms with Crippen molar-refractivity contribution in [3.05, 3.63) is 18.1 Å². The highest BCUT2D eigenvalue weighted by Gasteiger charge is 2.26. The summed E-state index contributed by atoms with van der Waals surface area (Å²) < 4.78 is 0. The van der Waals surface area contributed by atoms with E-state index in [0.717, 1.165) is 31.1 Å². The number of hydrogen-bond donors (Lipinski definition) is 2. The normalized spacial score (nSPS) is 19.4. The van der Waals surface area contributed by atoms with Crippen molar-refractivity contribution in [1.29, 1.82) is 0 Å². The van der Waals surface area contributed by atoms with Crippen LogP contribution in [-0.2, 0) is 0 Å². The summed E-state index contributed by atoms with van der Waals surface area (Å²) in [6, 6.07) is 1.99. The number of nitrogens with zero attached hydrogens (tertiary/aromatic N) is 2. The Morgan fingerprint density at radius 2 is 2.12 bits per heavy atom. The van der Waals surface area contributed by atoms with E-state index in [-0.39, 0.29) is 0 Å². The van der Waals surface area contributed by atoms with Gasteiger partial charge in [-0.05, 0) is 38.3 Å². The molecule has 0 aromatic carbocycles. The molecular formula is C12H20N4. The second-order valence-electron chi connectivity index (χ2n) is 4.96. The number of aryl methyl sites for hydroxylation is 1. The summed E-state index contributed by atoms with van der Waals surface area (Å²) in [5.74, 6) is 0.937. The average Bonchev–Trinajstić information content (AvgIpc) is 2.28. The molecule has 0 unspecified atom stereocenters. The minimum Gasteiger partial charge on any atom is -0.369 e. The van der Waals surface area contributed by atoms with Crippen molar-refractivity contribution in [2.24, 2.45) is 5.41 Å². The molecule has 2 N–H and O–H groups in total. The highest BCUT2D eigenvalue weighted by atomic mass is 15.0. The Bertz CT molecular complexity index is 345. The Kier molecular flexibility index (Phi) is 3.39. The van der Waals surface area contributed by atoms with E-state index in [2.05, 4.69) is 27.5 Å². The molecule has 1 aromatic rings. The number of rotatable bonds is 3. The smallest absolute Gasteiger partial charge is 0.129 e. The van der Waals surface area contributed by atoms with E-state index in [1.54, 1.807) is 6.33 Å². The first-order chi connectivity index (χ1) is 7.68. The van der Waals surface area contributed by atoms with Gasteiger partial charge in [-0.25, -0.2) is 9.97 Å². The monoisotopic (exact) mass is 220 g/mol. The number of piperidine rings is 1. The maximum Gasteiger partial charge on any atom is 0.129 e. The van der Waals surface area contributed by atoms with Crippen LogP contribution < -0.4 is 10.6 Å². The fraction of sp³-hybridized carbons (Fsp3) is 0.667. The van der Waals surface area contributed by atoms with Crippen LogP contribution in [0.5, 0.6) is 0 Å². The van der Waals surface area contributed by atoms with Gasteiger partial charge in [0.15, 0.2) is 0 Å². The lowest BCUT2D eigenvalue weighted by atomic mass is 9.81. The second-order valence-corrected chi connectivity index (χ2v) is 4.96. The van der Waals surface area contributed by atoms with Gasteiger partial charge in [-0.2, -0.15) is 0 Å². The summed E-state index contributed by atoms with van der Waals surface area (Å²) in [6.07, 6.45) is 4.07. The summed E-state index contributed by atoms with van der Waals surface area (Å²) in [5, 5.41) is 6.81. The van der Waals surface area contributed by atoms with Crippen LogP contribution in [0, 0.1) is 12.3 Å². The molecule has 0 atom stereocenters. The van der Waals surface area contributed by atoms with Crippen LogP contribution in [0.3, 0.4) is 0 Å². The fourth-order valence-corrected chi connectivity index (χ4v) is 2.06. The predicted octanol–water partition coefficient (Wildman–Crippen LogP) is 1.59. The van der Waals surface area contributed by atoms with Gasteiger partial charge in [-0.15, -0.1) is 0 Å². The van der Waals surface area contributed by atoms with E-state index >= 15 is 0 Å². The lowest BCUT2D eigenvalue weighted by Gasteiger charge is -2.34. The fourth-order valence-electron chi connectivity index (χ4n) is 2.06. The van der Waals surface area contributed by atoms with Crippen molar-refractivity contribution in [1.82, 2.24) is 15.3 Å². The zero-order chi connectivity index (χ0) is 11.4. The molecular weight excluding hydrogens is 200 g/mol. The number of aromatic nitrogens is 2. The van der Waals surface area contributed by atoms with Crippen LogP contribution in [-0.4, -0.2) is 29.6 Å². The summed E-state index contributed by atoms with van der Waals surface area (Å²) >= 11 is 0. The first-order valence-electron chi connectivity index (χ1n) is 5.91. The van der Waals surface area contributed by atoms with Crippen LogP contribution in [0.1, 0.15) is 25.5 Å². The molecule has 88 valence electrons. The minimum absolute atomic E-state index is 0.393. The summed E-state index contributed by atoms with van der Waals surface area (Å²) in [6.45, 7) is 7.57.